The second-order valence-electron chi connectivity index (χ2n) is 9.20. The minimum absolute atomic E-state index is 0.0293. The minimum atomic E-state index is -2.91. The monoisotopic (exact) mass is 459 g/mol. The van der Waals surface area contributed by atoms with Crippen LogP contribution in [0.3, 0.4) is 0 Å². The molecule has 0 aliphatic carbocycles. The van der Waals surface area contributed by atoms with Crippen LogP contribution in [0.1, 0.15) is 42.6 Å². The first-order chi connectivity index (χ1) is 15.7. The number of fused-ring (bicyclic) bond motifs is 1. The van der Waals surface area contributed by atoms with Crippen molar-refractivity contribution in [2.75, 3.05) is 36.9 Å². The Kier molecular flexibility index (Phi) is 5.19. The molecule has 3 heterocycles. The first-order valence-electron chi connectivity index (χ1n) is 11.0. The Hall–Kier alpha value is -2.94. The molecule has 1 N–H and O–H groups in total. The molecule has 2 saturated heterocycles. The highest BCUT2D eigenvalue weighted by molar-refractivity contribution is 5.96. The molecule has 3 aromatic rings. The van der Waals surface area contributed by atoms with Crippen molar-refractivity contribution in [3.63, 3.8) is 0 Å². The number of hydrogen-bond acceptors (Lipinski definition) is 5. The number of nitrogens with zero attached hydrogens (tertiary/aromatic N) is 4. The standard InChI is InChI=1S/C24H25F4N5/c1-13(15-5-4-6-16(21(15)26)22(27)28)29-23-18-10-20(19(25)9-17(18)14(2)30-31-23)33-8-7-24(33)11-32(3)12-24/h4-6,9-10,13,22H,7-8,11-12H2,1-3H3,(H,29,31)/t13-/m1/s1. The van der Waals surface area contributed by atoms with Gasteiger partial charge in [0.25, 0.3) is 6.43 Å². The van der Waals surface area contributed by atoms with Gasteiger partial charge in [-0.25, -0.2) is 17.6 Å². The average Bonchev–Trinajstić information content (AvgIpc) is 2.73. The second kappa shape index (κ2) is 7.83. The summed E-state index contributed by atoms with van der Waals surface area (Å²) in [7, 11) is 2.04. The molecule has 0 unspecified atom stereocenters. The Morgan fingerprint density at radius 1 is 1.06 bits per heavy atom. The zero-order valence-corrected chi connectivity index (χ0v) is 18.7. The van der Waals surface area contributed by atoms with E-state index in [4.69, 9.17) is 0 Å². The summed E-state index contributed by atoms with van der Waals surface area (Å²) in [4.78, 5) is 4.31. The molecule has 2 aliphatic heterocycles. The topological polar surface area (TPSA) is 44.3 Å². The van der Waals surface area contributed by atoms with Gasteiger partial charge in [-0.15, -0.1) is 5.10 Å². The van der Waals surface area contributed by atoms with Crippen LogP contribution in [0.4, 0.5) is 29.1 Å². The predicted molar refractivity (Wildman–Crippen MR) is 120 cm³/mol. The molecule has 1 atom stereocenters. The second-order valence-corrected chi connectivity index (χ2v) is 9.20. The van der Waals surface area contributed by atoms with Gasteiger partial charge in [0, 0.05) is 36.0 Å². The third-order valence-electron chi connectivity index (χ3n) is 6.94. The summed E-state index contributed by atoms with van der Waals surface area (Å²) < 4.78 is 56.1. The quantitative estimate of drug-likeness (QED) is 0.530. The lowest BCUT2D eigenvalue weighted by Gasteiger charge is -2.63. The minimum Gasteiger partial charge on any atom is -0.361 e. The van der Waals surface area contributed by atoms with Crippen molar-refractivity contribution in [3.05, 3.63) is 58.8 Å². The van der Waals surface area contributed by atoms with Crippen LogP contribution < -0.4 is 10.2 Å². The summed E-state index contributed by atoms with van der Waals surface area (Å²) in [6.07, 6.45) is -1.89. The fourth-order valence-electron chi connectivity index (χ4n) is 5.16. The number of alkyl halides is 2. The maximum absolute atomic E-state index is 15.2. The van der Waals surface area contributed by atoms with Gasteiger partial charge in [0.1, 0.15) is 11.6 Å². The van der Waals surface area contributed by atoms with E-state index in [-0.39, 0.29) is 16.9 Å². The molecule has 0 radical (unpaired) electrons. The molecule has 0 amide bonds. The van der Waals surface area contributed by atoms with Gasteiger partial charge < -0.3 is 15.1 Å². The number of likely N-dealkylation sites (tertiary alicyclic amines) is 1. The molecule has 9 heteroatoms. The van der Waals surface area contributed by atoms with Gasteiger partial charge in [0.15, 0.2) is 5.82 Å². The largest absolute Gasteiger partial charge is 0.361 e. The Balaban J connectivity index is 1.53. The molecule has 2 fully saturated rings. The molecular formula is C24H25F4N5. The fraction of sp³-hybridized carbons (Fsp3) is 0.417. The van der Waals surface area contributed by atoms with Crippen molar-refractivity contribution in [2.24, 2.45) is 0 Å². The van der Waals surface area contributed by atoms with E-state index in [0.717, 1.165) is 32.1 Å². The molecule has 33 heavy (non-hydrogen) atoms. The maximum atomic E-state index is 15.2. The van der Waals surface area contributed by atoms with Crippen molar-refractivity contribution in [2.45, 2.75) is 38.3 Å². The third-order valence-corrected chi connectivity index (χ3v) is 6.94. The van der Waals surface area contributed by atoms with Gasteiger partial charge >= 0.3 is 0 Å². The van der Waals surface area contributed by atoms with Crippen LogP contribution in [-0.4, -0.2) is 47.3 Å². The van der Waals surface area contributed by atoms with Crippen LogP contribution in [0.15, 0.2) is 30.3 Å². The highest BCUT2D eigenvalue weighted by atomic mass is 19.3. The normalized spacial score (nSPS) is 18.5. The summed E-state index contributed by atoms with van der Waals surface area (Å²) in [5.74, 6) is -0.909. The number of aryl methyl sites for hydroxylation is 1. The van der Waals surface area contributed by atoms with Gasteiger partial charge in [0.2, 0.25) is 0 Å². The molecule has 1 aromatic heterocycles. The number of hydrogen-bond donors (Lipinski definition) is 1. The Bertz CT molecular complexity index is 1230. The SMILES string of the molecule is Cc1nnc(N[C@H](C)c2cccc(C(F)F)c2F)c2cc(N3CCC34CN(C)C4)c(F)cc12. The zero-order valence-electron chi connectivity index (χ0n) is 18.7. The zero-order chi connectivity index (χ0) is 23.5. The fourth-order valence-corrected chi connectivity index (χ4v) is 5.16. The number of halogens is 4. The summed E-state index contributed by atoms with van der Waals surface area (Å²) in [5, 5.41) is 12.7. The number of nitrogens with one attached hydrogen (secondary N) is 1. The molecule has 0 bridgehead atoms. The Labute approximate surface area is 189 Å². The highest BCUT2D eigenvalue weighted by Crippen LogP contribution is 2.44. The maximum Gasteiger partial charge on any atom is 0.266 e. The van der Waals surface area contributed by atoms with Crippen LogP contribution in [-0.2, 0) is 0 Å². The van der Waals surface area contributed by atoms with Gasteiger partial charge in [-0.2, -0.15) is 5.10 Å². The molecule has 2 aromatic carbocycles. The molecule has 2 aliphatic rings. The van der Waals surface area contributed by atoms with E-state index in [9.17, 15) is 13.2 Å². The highest BCUT2D eigenvalue weighted by Gasteiger charge is 2.52. The number of aromatic nitrogens is 2. The van der Waals surface area contributed by atoms with Crippen LogP contribution in [0.25, 0.3) is 10.8 Å². The molecule has 0 saturated carbocycles. The first kappa shape index (κ1) is 21.9. The Morgan fingerprint density at radius 3 is 2.42 bits per heavy atom. The van der Waals surface area contributed by atoms with E-state index in [2.05, 4.69) is 25.3 Å². The van der Waals surface area contributed by atoms with E-state index in [1.165, 1.54) is 18.2 Å². The average molecular weight is 459 g/mol. The molecule has 5 rings (SSSR count). The van der Waals surface area contributed by atoms with E-state index in [0.29, 0.717) is 28.0 Å². The van der Waals surface area contributed by atoms with E-state index in [1.54, 1.807) is 19.9 Å². The number of benzene rings is 2. The van der Waals surface area contributed by atoms with Crippen LogP contribution in [0.5, 0.6) is 0 Å². The van der Waals surface area contributed by atoms with E-state index in [1.807, 2.05) is 7.05 Å². The van der Waals surface area contributed by atoms with Crippen LogP contribution in [0.2, 0.25) is 0 Å². The van der Waals surface area contributed by atoms with E-state index >= 15 is 4.39 Å². The van der Waals surface area contributed by atoms with Gasteiger partial charge in [-0.3, -0.25) is 0 Å². The van der Waals surface area contributed by atoms with Crippen molar-refractivity contribution < 1.29 is 17.6 Å². The van der Waals surface area contributed by atoms with E-state index < -0.39 is 23.8 Å². The van der Waals surface area contributed by atoms with Crippen molar-refractivity contribution in [1.82, 2.24) is 15.1 Å². The van der Waals surface area contributed by atoms with Gasteiger partial charge in [0.05, 0.1) is 28.5 Å². The van der Waals surface area contributed by atoms with Crippen molar-refractivity contribution >= 4 is 22.3 Å². The van der Waals surface area contributed by atoms with Gasteiger partial charge in [-0.1, -0.05) is 18.2 Å². The number of rotatable bonds is 5. The third kappa shape index (κ3) is 3.49. The van der Waals surface area contributed by atoms with Gasteiger partial charge in [-0.05, 0) is 39.4 Å². The van der Waals surface area contributed by atoms with Crippen molar-refractivity contribution in [1.29, 1.82) is 0 Å². The summed E-state index contributed by atoms with van der Waals surface area (Å²) >= 11 is 0. The number of likely N-dealkylation sites (N-methyl/N-ethyl adjacent to an activating group) is 1. The molecule has 1 spiro atoms. The summed E-state index contributed by atoms with van der Waals surface area (Å²) in [5.41, 5.74) is 0.513. The van der Waals surface area contributed by atoms with Crippen LogP contribution >= 0.6 is 0 Å². The lowest BCUT2D eigenvalue weighted by atomic mass is 9.77. The molecular weight excluding hydrogens is 434 g/mol. The lowest BCUT2D eigenvalue weighted by molar-refractivity contribution is 0.0463. The molecule has 174 valence electrons. The first-order valence-corrected chi connectivity index (χ1v) is 11.0. The lowest BCUT2D eigenvalue weighted by Crippen LogP contribution is -2.76. The molecule has 5 nitrogen and oxygen atoms in total. The summed E-state index contributed by atoms with van der Waals surface area (Å²) in [6.45, 7) is 5.97. The Morgan fingerprint density at radius 2 is 1.79 bits per heavy atom. The number of anilines is 2. The summed E-state index contributed by atoms with van der Waals surface area (Å²) in [6, 6.07) is 6.53. The van der Waals surface area contributed by atoms with Crippen LogP contribution in [0, 0.1) is 18.6 Å². The smallest absolute Gasteiger partial charge is 0.266 e. The van der Waals surface area contributed by atoms with Crippen molar-refractivity contribution in [3.8, 4) is 0 Å². The predicted octanol–water partition coefficient (Wildman–Crippen LogP) is 5.22.